The zero-order valence-corrected chi connectivity index (χ0v) is 20.1. The van der Waals surface area contributed by atoms with Crippen molar-refractivity contribution >= 4 is 49.1 Å². The predicted octanol–water partition coefficient (Wildman–Crippen LogP) is 6.71. The highest BCUT2D eigenvalue weighted by Crippen LogP contribution is 2.35. The van der Waals surface area contributed by atoms with Gasteiger partial charge >= 0.3 is 0 Å². The molecule has 0 bridgehead atoms. The van der Waals surface area contributed by atoms with Crippen LogP contribution in [-0.2, 0) is 17.8 Å². The minimum absolute atomic E-state index is 0.0769. The standard InChI is InChI=1S/C24H24Br2N2O2/c1-3-17-7-9-19(10-8-17)27-14-18-12-21(25)24(22(26)13-18)30-15-23(29)28-20-6-4-5-16(2)11-20/h4-13,27H,3,14-15H2,1-2H3,(H,28,29). The lowest BCUT2D eigenvalue weighted by Crippen LogP contribution is -2.20. The van der Waals surface area contributed by atoms with E-state index in [2.05, 4.69) is 73.7 Å². The number of carbonyl (C=O) groups is 1. The number of carbonyl (C=O) groups excluding carboxylic acids is 1. The van der Waals surface area contributed by atoms with Crippen LogP contribution in [0, 0.1) is 6.92 Å². The first kappa shape index (κ1) is 22.4. The van der Waals surface area contributed by atoms with Gasteiger partial charge in [-0.3, -0.25) is 4.79 Å². The van der Waals surface area contributed by atoms with Crippen molar-refractivity contribution in [1.29, 1.82) is 0 Å². The maximum Gasteiger partial charge on any atom is 0.262 e. The molecule has 0 saturated heterocycles. The van der Waals surface area contributed by atoms with E-state index in [9.17, 15) is 4.79 Å². The summed E-state index contributed by atoms with van der Waals surface area (Å²) in [5.74, 6) is 0.395. The SMILES string of the molecule is CCc1ccc(NCc2cc(Br)c(OCC(=O)Nc3cccc(C)c3)c(Br)c2)cc1. The fourth-order valence-corrected chi connectivity index (χ4v) is 4.48. The van der Waals surface area contributed by atoms with Crippen LogP contribution in [-0.4, -0.2) is 12.5 Å². The minimum Gasteiger partial charge on any atom is -0.481 e. The molecule has 2 N–H and O–H groups in total. The number of benzene rings is 3. The van der Waals surface area contributed by atoms with E-state index in [-0.39, 0.29) is 12.5 Å². The minimum atomic E-state index is -0.208. The molecular weight excluding hydrogens is 508 g/mol. The summed E-state index contributed by atoms with van der Waals surface area (Å²) in [6.45, 7) is 4.73. The maximum absolute atomic E-state index is 12.2. The van der Waals surface area contributed by atoms with Gasteiger partial charge in [0.25, 0.3) is 5.91 Å². The van der Waals surface area contributed by atoms with Gasteiger partial charge in [-0.1, -0.05) is 31.2 Å². The molecule has 3 aromatic rings. The lowest BCUT2D eigenvalue weighted by molar-refractivity contribution is -0.118. The van der Waals surface area contributed by atoms with Crippen LogP contribution in [0.5, 0.6) is 5.75 Å². The Labute approximate surface area is 194 Å². The van der Waals surface area contributed by atoms with Crippen molar-refractivity contribution in [2.45, 2.75) is 26.8 Å². The fraction of sp³-hybridized carbons (Fsp3) is 0.208. The average molecular weight is 532 g/mol. The summed E-state index contributed by atoms with van der Waals surface area (Å²) in [5.41, 5.74) is 5.33. The molecule has 0 radical (unpaired) electrons. The molecule has 0 aliphatic heterocycles. The van der Waals surface area contributed by atoms with Gasteiger partial charge in [-0.15, -0.1) is 0 Å². The Hall–Kier alpha value is -2.31. The number of rotatable bonds is 8. The van der Waals surface area contributed by atoms with E-state index >= 15 is 0 Å². The molecule has 0 aromatic heterocycles. The molecule has 0 aliphatic rings. The fourth-order valence-electron chi connectivity index (χ4n) is 2.97. The molecule has 4 nitrogen and oxygen atoms in total. The molecule has 30 heavy (non-hydrogen) atoms. The highest BCUT2D eigenvalue weighted by atomic mass is 79.9. The summed E-state index contributed by atoms with van der Waals surface area (Å²) < 4.78 is 7.33. The van der Waals surface area contributed by atoms with E-state index in [0.717, 1.165) is 37.9 Å². The second-order valence-corrected chi connectivity index (χ2v) is 8.71. The summed E-state index contributed by atoms with van der Waals surface area (Å²) in [5, 5.41) is 6.27. The number of hydrogen-bond acceptors (Lipinski definition) is 3. The number of hydrogen-bond donors (Lipinski definition) is 2. The predicted molar refractivity (Wildman–Crippen MR) is 130 cm³/mol. The van der Waals surface area contributed by atoms with Gasteiger partial charge in [0.15, 0.2) is 6.61 Å². The van der Waals surface area contributed by atoms with Crippen LogP contribution in [0.3, 0.4) is 0 Å². The molecule has 0 unspecified atom stereocenters. The van der Waals surface area contributed by atoms with Gasteiger partial charge in [0.2, 0.25) is 0 Å². The Morgan fingerprint density at radius 1 is 0.933 bits per heavy atom. The van der Waals surface area contributed by atoms with Crippen molar-refractivity contribution in [1.82, 2.24) is 0 Å². The van der Waals surface area contributed by atoms with Gasteiger partial charge in [-0.2, -0.15) is 0 Å². The summed E-state index contributed by atoms with van der Waals surface area (Å²) in [4.78, 5) is 12.2. The van der Waals surface area contributed by atoms with Gasteiger partial charge in [0, 0.05) is 17.9 Å². The summed E-state index contributed by atoms with van der Waals surface area (Å²) >= 11 is 7.11. The first-order chi connectivity index (χ1) is 14.4. The molecule has 0 fully saturated rings. The smallest absolute Gasteiger partial charge is 0.262 e. The van der Waals surface area contributed by atoms with Crippen LogP contribution < -0.4 is 15.4 Å². The molecule has 0 heterocycles. The quantitative estimate of drug-likeness (QED) is 0.339. The number of ether oxygens (including phenoxy) is 1. The van der Waals surface area contributed by atoms with E-state index in [1.807, 2.05) is 43.3 Å². The Morgan fingerprint density at radius 3 is 2.27 bits per heavy atom. The monoisotopic (exact) mass is 530 g/mol. The second-order valence-electron chi connectivity index (χ2n) is 7.00. The van der Waals surface area contributed by atoms with Crippen molar-refractivity contribution in [2.24, 2.45) is 0 Å². The number of halogens is 2. The molecule has 3 aromatic carbocycles. The van der Waals surface area contributed by atoms with Crippen molar-refractivity contribution < 1.29 is 9.53 Å². The molecule has 0 aliphatic carbocycles. The normalized spacial score (nSPS) is 10.5. The van der Waals surface area contributed by atoms with Crippen LogP contribution in [0.25, 0.3) is 0 Å². The van der Waals surface area contributed by atoms with E-state index < -0.39 is 0 Å². The van der Waals surface area contributed by atoms with Crippen LogP contribution in [0.4, 0.5) is 11.4 Å². The van der Waals surface area contributed by atoms with Crippen LogP contribution in [0.2, 0.25) is 0 Å². The van der Waals surface area contributed by atoms with E-state index in [0.29, 0.717) is 12.3 Å². The van der Waals surface area contributed by atoms with Gasteiger partial charge < -0.3 is 15.4 Å². The third-order valence-electron chi connectivity index (χ3n) is 4.57. The number of aryl methyl sites for hydroxylation is 2. The molecule has 0 atom stereocenters. The van der Waals surface area contributed by atoms with E-state index in [4.69, 9.17) is 4.74 Å². The molecule has 156 valence electrons. The Bertz CT molecular complexity index is 997. The third kappa shape index (κ3) is 6.34. The number of nitrogens with one attached hydrogen (secondary N) is 2. The highest BCUT2D eigenvalue weighted by molar-refractivity contribution is 9.11. The maximum atomic E-state index is 12.2. The molecule has 0 saturated carbocycles. The lowest BCUT2D eigenvalue weighted by atomic mass is 10.1. The zero-order valence-electron chi connectivity index (χ0n) is 17.0. The highest BCUT2D eigenvalue weighted by Gasteiger charge is 2.12. The summed E-state index contributed by atoms with van der Waals surface area (Å²) in [7, 11) is 0. The van der Waals surface area contributed by atoms with Crippen LogP contribution >= 0.6 is 31.9 Å². The molecular formula is C24H24Br2N2O2. The Kier molecular flexibility index (Phi) is 7.94. The van der Waals surface area contributed by atoms with Gasteiger partial charge in [-0.05, 0) is 98.3 Å². The first-order valence-corrected chi connectivity index (χ1v) is 11.3. The Balaban J connectivity index is 1.57. The second kappa shape index (κ2) is 10.6. The molecule has 1 amide bonds. The van der Waals surface area contributed by atoms with Gasteiger partial charge in [0.1, 0.15) is 5.75 Å². The molecule has 0 spiro atoms. The third-order valence-corrected chi connectivity index (χ3v) is 5.74. The zero-order chi connectivity index (χ0) is 21.5. The van der Waals surface area contributed by atoms with Crippen molar-refractivity contribution in [2.75, 3.05) is 17.2 Å². The molecule has 3 rings (SSSR count). The Morgan fingerprint density at radius 2 is 1.63 bits per heavy atom. The topological polar surface area (TPSA) is 50.4 Å². The van der Waals surface area contributed by atoms with Gasteiger partial charge in [0.05, 0.1) is 8.95 Å². The number of anilines is 2. The largest absolute Gasteiger partial charge is 0.481 e. The van der Waals surface area contributed by atoms with Crippen LogP contribution in [0.15, 0.2) is 69.6 Å². The van der Waals surface area contributed by atoms with Crippen LogP contribution in [0.1, 0.15) is 23.6 Å². The first-order valence-electron chi connectivity index (χ1n) is 9.74. The molecule has 6 heteroatoms. The van der Waals surface area contributed by atoms with Gasteiger partial charge in [-0.25, -0.2) is 0 Å². The van der Waals surface area contributed by atoms with Crippen molar-refractivity contribution in [3.8, 4) is 5.75 Å². The summed E-state index contributed by atoms with van der Waals surface area (Å²) in [6, 6.07) is 20.1. The van der Waals surface area contributed by atoms with E-state index in [1.54, 1.807) is 0 Å². The van der Waals surface area contributed by atoms with E-state index in [1.165, 1.54) is 5.56 Å². The van der Waals surface area contributed by atoms with Crippen molar-refractivity contribution in [3.63, 3.8) is 0 Å². The lowest BCUT2D eigenvalue weighted by Gasteiger charge is -2.13. The van der Waals surface area contributed by atoms with Crippen molar-refractivity contribution in [3.05, 3.63) is 86.3 Å². The number of amides is 1. The average Bonchev–Trinajstić information content (AvgIpc) is 2.72. The summed E-state index contributed by atoms with van der Waals surface area (Å²) in [6.07, 6.45) is 1.03.